The Bertz CT molecular complexity index is 1860. The van der Waals surface area contributed by atoms with Gasteiger partial charge in [-0.1, -0.05) is 217 Å². The predicted molar refractivity (Wildman–Crippen MR) is 252 cm³/mol. The molecule has 0 radical (unpaired) electrons. The standard InChI is InChI=1S/C54H76OS/c1-3-5-7-9-11-13-15-17-19-21-23-25-27-29-31-43-33-35-45-47-37-40-50-48(53(47)55-51(45)41-43)38-39-49-46-36-34-44(42-52(46)56-54(49)50)32-30-28-26-24-22-20-18-16-14-12-10-8-6-4-2/h33-42H,3-32H2,1-2H3. The molecule has 0 aliphatic carbocycles. The number of rotatable bonds is 30. The lowest BCUT2D eigenvalue weighted by Crippen LogP contribution is -1.87. The summed E-state index contributed by atoms with van der Waals surface area (Å²) in [6, 6.07) is 23.5. The van der Waals surface area contributed by atoms with Crippen LogP contribution in [0, 0.1) is 0 Å². The van der Waals surface area contributed by atoms with Gasteiger partial charge in [-0.15, -0.1) is 11.3 Å². The lowest BCUT2D eigenvalue weighted by Gasteiger charge is -2.04. The molecule has 2 aromatic heterocycles. The second-order valence-corrected chi connectivity index (χ2v) is 18.6. The summed E-state index contributed by atoms with van der Waals surface area (Å²) in [7, 11) is 0. The minimum absolute atomic E-state index is 1.04. The van der Waals surface area contributed by atoms with Crippen LogP contribution in [-0.2, 0) is 12.8 Å². The smallest absolute Gasteiger partial charge is 0.143 e. The van der Waals surface area contributed by atoms with Gasteiger partial charge >= 0.3 is 0 Å². The molecule has 0 fully saturated rings. The average molecular weight is 773 g/mol. The fraction of sp³-hybridized carbons (Fsp3) is 0.593. The van der Waals surface area contributed by atoms with Gasteiger partial charge in [0.05, 0.1) is 0 Å². The van der Waals surface area contributed by atoms with E-state index in [1.54, 1.807) is 0 Å². The SMILES string of the molecule is CCCCCCCCCCCCCCCCc1ccc2c(c1)oc1c2ccc2c1ccc1c3ccc(CCCCCCCCCCCCCCCC)cc3sc12. The van der Waals surface area contributed by atoms with Crippen molar-refractivity contribution in [1.29, 1.82) is 0 Å². The summed E-state index contributed by atoms with van der Waals surface area (Å²) in [5.74, 6) is 0. The van der Waals surface area contributed by atoms with E-state index < -0.39 is 0 Å². The van der Waals surface area contributed by atoms with Crippen molar-refractivity contribution in [2.45, 2.75) is 206 Å². The highest BCUT2D eigenvalue weighted by atomic mass is 32.1. The summed E-state index contributed by atoms with van der Waals surface area (Å²) >= 11 is 1.97. The molecule has 6 rings (SSSR count). The van der Waals surface area contributed by atoms with Gasteiger partial charge in [-0.05, 0) is 61.1 Å². The maximum absolute atomic E-state index is 6.69. The number of thiophene rings is 1. The molecular formula is C54H76OS. The third kappa shape index (κ3) is 12.6. The van der Waals surface area contributed by atoms with Crippen LogP contribution in [0.2, 0.25) is 0 Å². The zero-order valence-electron chi connectivity index (χ0n) is 35.8. The normalized spacial score (nSPS) is 12.1. The Hall–Kier alpha value is -2.84. The van der Waals surface area contributed by atoms with E-state index in [1.807, 2.05) is 11.3 Å². The molecule has 0 bridgehead atoms. The van der Waals surface area contributed by atoms with Gasteiger partial charge in [-0.3, -0.25) is 0 Å². The van der Waals surface area contributed by atoms with E-state index in [0.717, 1.165) is 17.6 Å². The van der Waals surface area contributed by atoms with Crippen molar-refractivity contribution >= 4 is 64.2 Å². The quantitative estimate of drug-likeness (QED) is 0.0416. The summed E-state index contributed by atoms with van der Waals surface area (Å²) in [4.78, 5) is 0. The van der Waals surface area contributed by atoms with Gasteiger partial charge in [0, 0.05) is 41.7 Å². The third-order valence-electron chi connectivity index (χ3n) is 12.8. The molecule has 4 aromatic carbocycles. The number of benzene rings is 4. The third-order valence-corrected chi connectivity index (χ3v) is 14.0. The average Bonchev–Trinajstić information content (AvgIpc) is 3.79. The van der Waals surface area contributed by atoms with E-state index in [-0.39, 0.29) is 0 Å². The van der Waals surface area contributed by atoms with Crippen molar-refractivity contribution in [1.82, 2.24) is 0 Å². The van der Waals surface area contributed by atoms with Crippen LogP contribution in [0.3, 0.4) is 0 Å². The molecule has 2 heterocycles. The van der Waals surface area contributed by atoms with E-state index in [9.17, 15) is 0 Å². The van der Waals surface area contributed by atoms with Crippen LogP contribution in [-0.4, -0.2) is 0 Å². The van der Waals surface area contributed by atoms with E-state index in [0.29, 0.717) is 0 Å². The van der Waals surface area contributed by atoms with Crippen LogP contribution < -0.4 is 0 Å². The van der Waals surface area contributed by atoms with Gasteiger partial charge in [0.25, 0.3) is 0 Å². The Morgan fingerprint density at radius 2 is 0.714 bits per heavy atom. The van der Waals surface area contributed by atoms with Crippen LogP contribution in [0.25, 0.3) is 52.9 Å². The second-order valence-electron chi connectivity index (χ2n) is 17.5. The first-order valence-corrected chi connectivity index (χ1v) is 24.8. The first-order chi connectivity index (χ1) is 27.8. The topological polar surface area (TPSA) is 13.1 Å². The van der Waals surface area contributed by atoms with Gasteiger partial charge in [0.15, 0.2) is 0 Å². The van der Waals surface area contributed by atoms with Crippen LogP contribution in [0.1, 0.15) is 205 Å². The molecule has 6 aromatic rings. The van der Waals surface area contributed by atoms with E-state index in [4.69, 9.17) is 4.42 Å². The molecule has 304 valence electrons. The monoisotopic (exact) mass is 773 g/mol. The molecule has 0 amide bonds. The highest BCUT2D eigenvalue weighted by molar-refractivity contribution is 7.26. The van der Waals surface area contributed by atoms with Crippen molar-refractivity contribution in [3.8, 4) is 0 Å². The maximum atomic E-state index is 6.69. The van der Waals surface area contributed by atoms with Gasteiger partial charge in [-0.25, -0.2) is 0 Å². The molecule has 1 nitrogen and oxygen atoms in total. The molecule has 0 aliphatic heterocycles. The minimum Gasteiger partial charge on any atom is -0.455 e. The number of hydrogen-bond acceptors (Lipinski definition) is 2. The first kappa shape index (κ1) is 42.8. The molecular weight excluding hydrogens is 697 g/mol. The van der Waals surface area contributed by atoms with Crippen molar-refractivity contribution in [3.63, 3.8) is 0 Å². The number of fused-ring (bicyclic) bond motifs is 9. The maximum Gasteiger partial charge on any atom is 0.143 e. The fourth-order valence-electron chi connectivity index (χ4n) is 9.32. The Balaban J connectivity index is 0.942. The highest BCUT2D eigenvalue weighted by Gasteiger charge is 2.15. The van der Waals surface area contributed by atoms with Gasteiger partial charge in [0.1, 0.15) is 11.2 Å². The van der Waals surface area contributed by atoms with E-state index in [1.165, 1.54) is 239 Å². The Morgan fingerprint density at radius 3 is 1.20 bits per heavy atom. The van der Waals surface area contributed by atoms with Gasteiger partial charge in [-0.2, -0.15) is 0 Å². The Labute approximate surface area is 345 Å². The van der Waals surface area contributed by atoms with Crippen molar-refractivity contribution < 1.29 is 4.42 Å². The molecule has 0 N–H and O–H groups in total. The number of hydrogen-bond donors (Lipinski definition) is 0. The van der Waals surface area contributed by atoms with Crippen molar-refractivity contribution in [3.05, 3.63) is 71.8 Å². The number of unbranched alkanes of at least 4 members (excludes halogenated alkanes) is 26. The molecule has 0 saturated carbocycles. The molecule has 0 saturated heterocycles. The van der Waals surface area contributed by atoms with E-state index in [2.05, 4.69) is 74.5 Å². The molecule has 0 unspecified atom stereocenters. The Morgan fingerprint density at radius 1 is 0.357 bits per heavy atom. The van der Waals surface area contributed by atoms with Crippen LogP contribution in [0.4, 0.5) is 0 Å². The molecule has 0 spiro atoms. The zero-order chi connectivity index (χ0) is 38.6. The van der Waals surface area contributed by atoms with Crippen molar-refractivity contribution in [2.75, 3.05) is 0 Å². The summed E-state index contributed by atoms with van der Waals surface area (Å²) in [6.07, 6.45) is 41.9. The minimum atomic E-state index is 1.04. The van der Waals surface area contributed by atoms with Gasteiger partial charge < -0.3 is 4.42 Å². The largest absolute Gasteiger partial charge is 0.455 e. The van der Waals surface area contributed by atoms with E-state index >= 15 is 0 Å². The second kappa shape index (κ2) is 24.2. The highest BCUT2D eigenvalue weighted by Crippen LogP contribution is 2.42. The van der Waals surface area contributed by atoms with Gasteiger partial charge in [0.2, 0.25) is 0 Å². The molecule has 0 atom stereocenters. The lowest BCUT2D eigenvalue weighted by molar-refractivity contribution is 0.535. The fourth-order valence-corrected chi connectivity index (χ4v) is 10.6. The summed E-state index contributed by atoms with van der Waals surface area (Å²) < 4.78 is 9.51. The van der Waals surface area contributed by atoms with Crippen LogP contribution in [0.15, 0.2) is 65.1 Å². The molecule has 2 heteroatoms. The van der Waals surface area contributed by atoms with Crippen LogP contribution in [0.5, 0.6) is 0 Å². The molecule has 56 heavy (non-hydrogen) atoms. The summed E-state index contributed by atoms with van der Waals surface area (Å²) in [5.41, 5.74) is 5.00. The zero-order valence-corrected chi connectivity index (χ0v) is 36.6. The number of furan rings is 1. The van der Waals surface area contributed by atoms with Crippen molar-refractivity contribution in [2.24, 2.45) is 0 Å². The first-order valence-electron chi connectivity index (χ1n) is 24.0. The number of aryl methyl sites for hydroxylation is 2. The predicted octanol–water partition coefficient (Wildman–Crippen LogP) is 19.2. The summed E-state index contributed by atoms with van der Waals surface area (Å²) in [5, 5.41) is 7.84. The molecule has 0 aliphatic rings. The summed E-state index contributed by atoms with van der Waals surface area (Å²) in [6.45, 7) is 4.61. The lowest BCUT2D eigenvalue weighted by atomic mass is 10.0. The van der Waals surface area contributed by atoms with Crippen LogP contribution >= 0.6 is 11.3 Å². The Kier molecular flexibility index (Phi) is 18.5.